The Morgan fingerprint density at radius 1 is 1.29 bits per heavy atom. The van der Waals surface area contributed by atoms with Crippen molar-refractivity contribution in [1.29, 1.82) is 0 Å². The molecule has 1 saturated heterocycles. The molecule has 1 heterocycles. The van der Waals surface area contributed by atoms with Gasteiger partial charge in [0.15, 0.2) is 0 Å². The van der Waals surface area contributed by atoms with Gasteiger partial charge in [-0.2, -0.15) is 0 Å². The highest BCUT2D eigenvalue weighted by atomic mass is 16.5. The Bertz CT molecular complexity index is 239. The number of nitrogens with one attached hydrogen (secondary N) is 1. The molecule has 0 spiro atoms. The summed E-state index contributed by atoms with van der Waals surface area (Å²) in [5, 5.41) is 3.69. The van der Waals surface area contributed by atoms with E-state index in [0.717, 1.165) is 39.3 Å². The predicted molar refractivity (Wildman–Crippen MR) is 70.1 cm³/mol. The van der Waals surface area contributed by atoms with Crippen LogP contribution in [-0.4, -0.2) is 55.4 Å². The van der Waals surface area contributed by atoms with Gasteiger partial charge in [-0.3, -0.25) is 4.90 Å². The van der Waals surface area contributed by atoms with Gasteiger partial charge in [-0.25, -0.2) is 0 Å². The number of rotatable bonds is 4. The Morgan fingerprint density at radius 3 is 2.59 bits per heavy atom. The molecule has 0 amide bonds. The maximum Gasteiger partial charge on any atom is 0.0594 e. The summed E-state index contributed by atoms with van der Waals surface area (Å²) in [6, 6.07) is 1.05. The monoisotopic (exact) mass is 241 g/mol. The van der Waals surface area contributed by atoms with Crippen LogP contribution in [0.4, 0.5) is 0 Å². The summed E-state index contributed by atoms with van der Waals surface area (Å²) < 4.78 is 5.41. The number of hydrogen-bond acceptors (Lipinski definition) is 4. The van der Waals surface area contributed by atoms with Crippen LogP contribution in [0.25, 0.3) is 0 Å². The Kier molecular flexibility index (Phi) is 4.42. The van der Waals surface area contributed by atoms with E-state index in [1.54, 1.807) is 0 Å². The molecule has 2 aliphatic rings. The van der Waals surface area contributed by atoms with Gasteiger partial charge in [0.1, 0.15) is 0 Å². The minimum atomic E-state index is 0.219. The van der Waals surface area contributed by atoms with Crippen LogP contribution in [0.15, 0.2) is 0 Å². The third-order valence-electron chi connectivity index (χ3n) is 4.16. The molecule has 2 unspecified atom stereocenters. The topological polar surface area (TPSA) is 50.5 Å². The molecule has 100 valence electrons. The molecule has 0 aromatic carbocycles. The standard InChI is InChI=1S/C13H27N3O/c1-13(2,16-5-7-17-8-6-16)10-15-12-4-3-11(14)9-12/h11-12,15H,3-10,14H2,1-2H3. The van der Waals surface area contributed by atoms with Crippen molar-refractivity contribution in [3.8, 4) is 0 Å². The van der Waals surface area contributed by atoms with Crippen molar-refractivity contribution in [2.24, 2.45) is 5.73 Å². The predicted octanol–water partition coefficient (Wildman–Crippen LogP) is 0.567. The molecule has 3 N–H and O–H groups in total. The molecule has 0 bridgehead atoms. The first-order valence-electron chi connectivity index (χ1n) is 6.90. The summed E-state index contributed by atoms with van der Waals surface area (Å²) in [6.07, 6.45) is 3.55. The fraction of sp³-hybridized carbons (Fsp3) is 1.00. The van der Waals surface area contributed by atoms with E-state index in [0.29, 0.717) is 12.1 Å². The Morgan fingerprint density at radius 2 is 2.00 bits per heavy atom. The van der Waals surface area contributed by atoms with E-state index in [2.05, 4.69) is 24.1 Å². The highest BCUT2D eigenvalue weighted by Gasteiger charge is 2.30. The molecule has 4 nitrogen and oxygen atoms in total. The van der Waals surface area contributed by atoms with Crippen molar-refractivity contribution in [1.82, 2.24) is 10.2 Å². The fourth-order valence-corrected chi connectivity index (χ4v) is 2.88. The number of ether oxygens (including phenoxy) is 1. The molecule has 1 saturated carbocycles. The van der Waals surface area contributed by atoms with Crippen molar-refractivity contribution in [3.63, 3.8) is 0 Å². The van der Waals surface area contributed by atoms with Crippen LogP contribution < -0.4 is 11.1 Å². The van der Waals surface area contributed by atoms with Gasteiger partial charge in [0.05, 0.1) is 13.2 Å². The molecule has 0 radical (unpaired) electrons. The molecule has 2 rings (SSSR count). The Balaban J connectivity index is 1.76. The summed E-state index contributed by atoms with van der Waals surface area (Å²) >= 11 is 0. The van der Waals surface area contributed by atoms with E-state index in [-0.39, 0.29) is 5.54 Å². The SMILES string of the molecule is CC(C)(CNC1CCC(N)C1)N1CCOCC1. The lowest BCUT2D eigenvalue weighted by molar-refractivity contribution is -0.0103. The highest BCUT2D eigenvalue weighted by Crippen LogP contribution is 2.20. The van der Waals surface area contributed by atoms with Gasteiger partial charge < -0.3 is 15.8 Å². The molecule has 2 atom stereocenters. The van der Waals surface area contributed by atoms with Gasteiger partial charge in [-0.05, 0) is 33.1 Å². The smallest absolute Gasteiger partial charge is 0.0594 e. The van der Waals surface area contributed by atoms with Gasteiger partial charge in [0.2, 0.25) is 0 Å². The summed E-state index contributed by atoms with van der Waals surface area (Å²) in [5.41, 5.74) is 6.16. The molecule has 1 aliphatic heterocycles. The molecule has 1 aliphatic carbocycles. The van der Waals surface area contributed by atoms with Crippen LogP contribution in [-0.2, 0) is 4.74 Å². The highest BCUT2D eigenvalue weighted by molar-refractivity contribution is 4.89. The molecular weight excluding hydrogens is 214 g/mol. The van der Waals surface area contributed by atoms with E-state index in [9.17, 15) is 0 Å². The summed E-state index contributed by atoms with van der Waals surface area (Å²) in [6.45, 7) is 9.54. The van der Waals surface area contributed by atoms with E-state index < -0.39 is 0 Å². The van der Waals surface area contributed by atoms with Crippen molar-refractivity contribution < 1.29 is 4.74 Å². The van der Waals surface area contributed by atoms with Gasteiger partial charge in [-0.1, -0.05) is 0 Å². The molecule has 17 heavy (non-hydrogen) atoms. The Hall–Kier alpha value is -0.160. The number of morpholine rings is 1. The number of nitrogens with zero attached hydrogens (tertiary/aromatic N) is 1. The first kappa shape index (κ1) is 13.3. The maximum atomic E-state index is 5.94. The van der Waals surface area contributed by atoms with E-state index in [1.165, 1.54) is 12.8 Å². The lowest BCUT2D eigenvalue weighted by Gasteiger charge is -2.41. The van der Waals surface area contributed by atoms with E-state index in [4.69, 9.17) is 10.5 Å². The first-order valence-corrected chi connectivity index (χ1v) is 6.90. The summed E-state index contributed by atoms with van der Waals surface area (Å²) in [7, 11) is 0. The van der Waals surface area contributed by atoms with Crippen LogP contribution in [0.1, 0.15) is 33.1 Å². The Labute approximate surface area is 105 Å². The summed E-state index contributed by atoms with van der Waals surface area (Å²) in [5.74, 6) is 0. The molecule has 4 heteroatoms. The zero-order valence-electron chi connectivity index (χ0n) is 11.2. The second-order valence-corrected chi connectivity index (χ2v) is 6.06. The second-order valence-electron chi connectivity index (χ2n) is 6.06. The minimum absolute atomic E-state index is 0.219. The van der Waals surface area contributed by atoms with Crippen LogP contribution in [0.5, 0.6) is 0 Å². The summed E-state index contributed by atoms with van der Waals surface area (Å²) in [4.78, 5) is 2.53. The van der Waals surface area contributed by atoms with E-state index >= 15 is 0 Å². The maximum absolute atomic E-state index is 5.94. The van der Waals surface area contributed by atoms with Gasteiger partial charge in [-0.15, -0.1) is 0 Å². The fourth-order valence-electron chi connectivity index (χ4n) is 2.88. The average molecular weight is 241 g/mol. The number of hydrogen-bond donors (Lipinski definition) is 2. The molecule has 0 aromatic heterocycles. The quantitative estimate of drug-likeness (QED) is 0.755. The van der Waals surface area contributed by atoms with Crippen LogP contribution in [0, 0.1) is 0 Å². The third-order valence-corrected chi connectivity index (χ3v) is 4.16. The van der Waals surface area contributed by atoms with Gasteiger partial charge in [0, 0.05) is 37.3 Å². The third kappa shape index (κ3) is 3.65. The van der Waals surface area contributed by atoms with Crippen molar-refractivity contribution in [2.75, 3.05) is 32.8 Å². The van der Waals surface area contributed by atoms with Crippen LogP contribution in [0.2, 0.25) is 0 Å². The van der Waals surface area contributed by atoms with Crippen molar-refractivity contribution in [2.45, 2.75) is 50.7 Å². The minimum Gasteiger partial charge on any atom is -0.379 e. The molecular formula is C13H27N3O. The number of nitrogens with two attached hydrogens (primary N) is 1. The van der Waals surface area contributed by atoms with Crippen molar-refractivity contribution >= 4 is 0 Å². The zero-order chi connectivity index (χ0) is 12.3. The van der Waals surface area contributed by atoms with Crippen LogP contribution >= 0.6 is 0 Å². The first-order chi connectivity index (χ1) is 8.08. The van der Waals surface area contributed by atoms with Crippen LogP contribution in [0.3, 0.4) is 0 Å². The van der Waals surface area contributed by atoms with Crippen molar-refractivity contribution in [3.05, 3.63) is 0 Å². The van der Waals surface area contributed by atoms with E-state index in [1.807, 2.05) is 0 Å². The average Bonchev–Trinajstić information content (AvgIpc) is 2.74. The van der Waals surface area contributed by atoms with Gasteiger partial charge in [0.25, 0.3) is 0 Å². The lowest BCUT2D eigenvalue weighted by atomic mass is 10.0. The molecule has 2 fully saturated rings. The zero-order valence-corrected chi connectivity index (χ0v) is 11.2. The second kappa shape index (κ2) is 5.65. The largest absolute Gasteiger partial charge is 0.379 e. The van der Waals surface area contributed by atoms with Gasteiger partial charge >= 0.3 is 0 Å². The normalized spacial score (nSPS) is 31.9. The lowest BCUT2D eigenvalue weighted by Crippen LogP contribution is -2.55. The molecule has 0 aromatic rings.